The van der Waals surface area contributed by atoms with Crippen molar-refractivity contribution in [1.29, 1.82) is 0 Å². The Labute approximate surface area is 158 Å². The predicted octanol–water partition coefficient (Wildman–Crippen LogP) is -0.611. The van der Waals surface area contributed by atoms with Gasteiger partial charge in [-0.15, -0.1) is 0 Å². The van der Waals surface area contributed by atoms with Crippen LogP contribution >= 0.6 is 0 Å². The highest BCUT2D eigenvalue weighted by Gasteiger charge is 2.45. The summed E-state index contributed by atoms with van der Waals surface area (Å²) in [5.41, 5.74) is -0.392. The van der Waals surface area contributed by atoms with E-state index in [1.807, 2.05) is 0 Å². The second kappa shape index (κ2) is 8.40. The van der Waals surface area contributed by atoms with Gasteiger partial charge in [-0.3, -0.25) is 4.79 Å². The van der Waals surface area contributed by atoms with Gasteiger partial charge in [-0.25, -0.2) is 4.79 Å². The highest BCUT2D eigenvalue weighted by molar-refractivity contribution is 5.89. The van der Waals surface area contributed by atoms with Crippen LogP contribution in [-0.4, -0.2) is 63.7 Å². The number of carbonyl (C=O) groups is 1. The fraction of sp³-hybridized carbons (Fsp3) is 0.333. The summed E-state index contributed by atoms with van der Waals surface area (Å²) < 4.78 is 20.5. The summed E-state index contributed by atoms with van der Waals surface area (Å²) in [7, 11) is 0. The van der Waals surface area contributed by atoms with E-state index in [1.54, 1.807) is 0 Å². The van der Waals surface area contributed by atoms with Gasteiger partial charge in [0.2, 0.25) is 17.5 Å². The second-order valence-corrected chi connectivity index (χ2v) is 6.06. The van der Waals surface area contributed by atoms with Gasteiger partial charge in [0.25, 0.3) is 0 Å². The van der Waals surface area contributed by atoms with Crippen LogP contribution in [0.1, 0.15) is 10.4 Å². The molecular formula is C18H18O10. The molecule has 28 heavy (non-hydrogen) atoms. The van der Waals surface area contributed by atoms with E-state index in [0.717, 1.165) is 18.6 Å². The van der Waals surface area contributed by atoms with Crippen LogP contribution in [0, 0.1) is 0 Å². The molecular weight excluding hydrogens is 376 g/mol. The smallest absolute Gasteiger partial charge is 0.338 e. The Morgan fingerprint density at radius 2 is 1.75 bits per heavy atom. The number of benzene rings is 1. The molecule has 1 saturated heterocycles. The maximum Gasteiger partial charge on any atom is 0.338 e. The van der Waals surface area contributed by atoms with Gasteiger partial charge in [0.15, 0.2) is 0 Å². The number of rotatable bonds is 5. The molecule has 150 valence electrons. The molecule has 1 aliphatic heterocycles. The van der Waals surface area contributed by atoms with Gasteiger partial charge >= 0.3 is 5.97 Å². The van der Waals surface area contributed by atoms with E-state index in [9.17, 15) is 30.0 Å². The number of phenolic OH excluding ortho intramolecular Hbond substituents is 1. The summed E-state index contributed by atoms with van der Waals surface area (Å²) in [5.74, 6) is -1.04. The van der Waals surface area contributed by atoms with Gasteiger partial charge in [0.1, 0.15) is 43.0 Å². The van der Waals surface area contributed by atoms with Gasteiger partial charge < -0.3 is 39.1 Å². The number of esters is 1. The highest BCUT2D eigenvalue weighted by Crippen LogP contribution is 2.23. The number of carbonyl (C=O) groups excluding carboxylic acids is 1. The minimum atomic E-state index is -1.67. The van der Waals surface area contributed by atoms with E-state index in [1.165, 1.54) is 24.3 Å². The average molecular weight is 394 g/mol. The molecule has 0 radical (unpaired) electrons. The van der Waals surface area contributed by atoms with Crippen LogP contribution in [0.3, 0.4) is 0 Å². The van der Waals surface area contributed by atoms with Gasteiger partial charge in [-0.05, 0) is 24.3 Å². The fourth-order valence-electron chi connectivity index (χ4n) is 2.54. The molecule has 1 aliphatic rings. The molecule has 0 spiro atoms. The molecule has 0 bridgehead atoms. The third-order valence-electron chi connectivity index (χ3n) is 4.11. The highest BCUT2D eigenvalue weighted by atomic mass is 16.7. The number of hydrogen-bond donors (Lipinski definition) is 4. The van der Waals surface area contributed by atoms with Crippen LogP contribution in [0.25, 0.3) is 0 Å². The van der Waals surface area contributed by atoms with Crippen molar-refractivity contribution in [2.24, 2.45) is 0 Å². The SMILES string of the molecule is O=C(OC[C@H]1O[C@@H](Oc2coccc2=O)[C@H](O)[C@@H](O)[C@@H]1O)c1ccc(O)cc1. The van der Waals surface area contributed by atoms with E-state index < -0.39 is 48.7 Å². The van der Waals surface area contributed by atoms with Crippen molar-refractivity contribution < 1.29 is 43.8 Å². The number of aromatic hydroxyl groups is 1. The zero-order valence-corrected chi connectivity index (χ0v) is 14.4. The van der Waals surface area contributed by atoms with Crippen LogP contribution in [0.4, 0.5) is 0 Å². The van der Waals surface area contributed by atoms with Gasteiger partial charge in [0.05, 0.1) is 11.8 Å². The molecule has 1 aromatic heterocycles. The van der Waals surface area contributed by atoms with Crippen molar-refractivity contribution in [1.82, 2.24) is 0 Å². The first kappa shape index (κ1) is 19.8. The van der Waals surface area contributed by atoms with Crippen LogP contribution in [0.15, 0.2) is 52.1 Å². The van der Waals surface area contributed by atoms with Crippen LogP contribution in [0.5, 0.6) is 11.5 Å². The summed E-state index contributed by atoms with van der Waals surface area (Å²) in [5, 5.41) is 39.4. The van der Waals surface area contributed by atoms with E-state index in [4.69, 9.17) is 18.6 Å². The lowest BCUT2D eigenvalue weighted by atomic mass is 9.99. The molecule has 3 rings (SSSR count). The Bertz CT molecular complexity index is 861. The average Bonchev–Trinajstić information content (AvgIpc) is 2.69. The fourth-order valence-corrected chi connectivity index (χ4v) is 2.54. The Balaban J connectivity index is 1.66. The zero-order valence-electron chi connectivity index (χ0n) is 14.4. The molecule has 10 heteroatoms. The molecule has 2 aromatic rings. The molecule has 1 aromatic carbocycles. The van der Waals surface area contributed by atoms with Crippen LogP contribution < -0.4 is 10.2 Å². The lowest BCUT2D eigenvalue weighted by Gasteiger charge is -2.39. The van der Waals surface area contributed by atoms with E-state index in [2.05, 4.69) is 0 Å². The Kier molecular flexibility index (Phi) is 5.95. The molecule has 0 unspecified atom stereocenters. The molecule has 0 saturated carbocycles. The van der Waals surface area contributed by atoms with Crippen molar-refractivity contribution in [2.45, 2.75) is 30.7 Å². The minimum absolute atomic E-state index is 0.0231. The number of ether oxygens (including phenoxy) is 3. The van der Waals surface area contributed by atoms with E-state index in [-0.39, 0.29) is 17.1 Å². The number of phenols is 1. The number of hydrogen-bond acceptors (Lipinski definition) is 10. The van der Waals surface area contributed by atoms with Crippen molar-refractivity contribution in [2.75, 3.05) is 6.61 Å². The maximum atomic E-state index is 12.0. The quantitative estimate of drug-likeness (QED) is 0.482. The van der Waals surface area contributed by atoms with Crippen molar-refractivity contribution in [3.05, 3.63) is 58.6 Å². The molecule has 4 N–H and O–H groups in total. The first-order valence-corrected chi connectivity index (χ1v) is 8.26. The first-order chi connectivity index (χ1) is 13.4. The number of aliphatic hydroxyl groups is 3. The summed E-state index contributed by atoms with van der Waals surface area (Å²) in [6.45, 7) is -0.464. The largest absolute Gasteiger partial charge is 0.508 e. The standard InChI is InChI=1S/C18H18O10/c19-10-3-1-9(2-4-10)17(24)26-8-13-14(21)15(22)16(23)18(28-13)27-12-7-25-6-5-11(12)20/h1-7,13-16,18-19,21-23H,8H2/t13-,14-,15+,16-,18-/m1/s1. The molecule has 10 nitrogen and oxygen atoms in total. The maximum absolute atomic E-state index is 12.0. The Morgan fingerprint density at radius 1 is 1.04 bits per heavy atom. The molecule has 0 aliphatic carbocycles. The van der Waals surface area contributed by atoms with Gasteiger partial charge in [-0.1, -0.05) is 0 Å². The van der Waals surface area contributed by atoms with Gasteiger partial charge in [0, 0.05) is 6.07 Å². The summed E-state index contributed by atoms with van der Waals surface area (Å²) >= 11 is 0. The molecule has 1 fully saturated rings. The zero-order chi connectivity index (χ0) is 20.3. The minimum Gasteiger partial charge on any atom is -0.508 e. The van der Waals surface area contributed by atoms with Crippen molar-refractivity contribution in [3.8, 4) is 11.5 Å². The van der Waals surface area contributed by atoms with Crippen LogP contribution in [0.2, 0.25) is 0 Å². The molecule has 5 atom stereocenters. The van der Waals surface area contributed by atoms with Crippen molar-refractivity contribution >= 4 is 5.97 Å². The van der Waals surface area contributed by atoms with Gasteiger partial charge in [-0.2, -0.15) is 0 Å². The Hall–Kier alpha value is -2.92. The Morgan fingerprint density at radius 3 is 2.43 bits per heavy atom. The van der Waals surface area contributed by atoms with Crippen LogP contribution in [-0.2, 0) is 9.47 Å². The molecule has 0 amide bonds. The van der Waals surface area contributed by atoms with E-state index in [0.29, 0.717) is 0 Å². The topological polar surface area (TPSA) is 156 Å². The number of aliphatic hydroxyl groups excluding tert-OH is 3. The second-order valence-electron chi connectivity index (χ2n) is 6.06. The predicted molar refractivity (Wildman–Crippen MR) is 90.7 cm³/mol. The third-order valence-corrected chi connectivity index (χ3v) is 4.11. The summed E-state index contributed by atoms with van der Waals surface area (Å²) in [6, 6.07) is 6.38. The monoisotopic (exact) mass is 394 g/mol. The first-order valence-electron chi connectivity index (χ1n) is 8.26. The lowest BCUT2D eigenvalue weighted by molar-refractivity contribution is -0.277. The molecule has 2 heterocycles. The third kappa shape index (κ3) is 4.31. The summed E-state index contributed by atoms with van der Waals surface area (Å²) in [6.07, 6.45) is -5.53. The lowest BCUT2D eigenvalue weighted by Crippen LogP contribution is -2.60. The summed E-state index contributed by atoms with van der Waals surface area (Å²) in [4.78, 5) is 23.7. The normalized spacial score (nSPS) is 27.2. The van der Waals surface area contributed by atoms with Crippen molar-refractivity contribution in [3.63, 3.8) is 0 Å². The van der Waals surface area contributed by atoms with E-state index >= 15 is 0 Å².